The highest BCUT2D eigenvalue weighted by atomic mass is 35.5. The molecule has 2 heterocycles. The third kappa shape index (κ3) is 3.61. The molecule has 3 aromatic rings. The van der Waals surface area contributed by atoms with Gasteiger partial charge in [0.05, 0.1) is 29.8 Å². The van der Waals surface area contributed by atoms with E-state index in [4.69, 9.17) is 11.6 Å². The van der Waals surface area contributed by atoms with Crippen LogP contribution >= 0.6 is 11.6 Å². The minimum Gasteiger partial charge on any atom is -0.478 e. The van der Waals surface area contributed by atoms with Crippen molar-refractivity contribution in [1.82, 2.24) is 19.6 Å². The van der Waals surface area contributed by atoms with E-state index in [1.165, 1.54) is 23.9 Å². The van der Waals surface area contributed by atoms with Gasteiger partial charge in [0.25, 0.3) is 5.91 Å². The number of hydrogen-bond acceptors (Lipinski definition) is 4. The number of aryl methyl sites for hydroxylation is 2. The van der Waals surface area contributed by atoms with Crippen LogP contribution in [0.25, 0.3) is 0 Å². The van der Waals surface area contributed by atoms with E-state index in [1.54, 1.807) is 24.6 Å². The van der Waals surface area contributed by atoms with Gasteiger partial charge in [-0.15, -0.1) is 0 Å². The van der Waals surface area contributed by atoms with Crippen LogP contribution in [0.5, 0.6) is 0 Å². The lowest BCUT2D eigenvalue weighted by Crippen LogP contribution is -2.20. The normalized spacial score (nSPS) is 10.9. The number of hydrogen-bond donors (Lipinski definition) is 2. The molecule has 0 saturated heterocycles. The number of anilines is 1. The summed E-state index contributed by atoms with van der Waals surface area (Å²) in [6, 6.07) is 4.10. The third-order valence-electron chi connectivity index (χ3n) is 4.34. The SMILES string of the molecule is Cc1nn(Cc2ccc(F)cc2Cl)c(C)c1NC(=O)c1c(C(=O)O)cnn1C. The Morgan fingerprint density at radius 2 is 2.04 bits per heavy atom. The number of aromatic carboxylic acids is 1. The Balaban J connectivity index is 1.89. The number of carbonyl (C=O) groups is 2. The third-order valence-corrected chi connectivity index (χ3v) is 4.69. The van der Waals surface area contributed by atoms with Crippen LogP contribution in [-0.4, -0.2) is 36.5 Å². The van der Waals surface area contributed by atoms with Crippen LogP contribution in [0.2, 0.25) is 5.02 Å². The number of aromatic nitrogens is 4. The lowest BCUT2D eigenvalue weighted by atomic mass is 10.2. The van der Waals surface area contributed by atoms with Crippen LogP contribution in [-0.2, 0) is 13.6 Å². The van der Waals surface area contributed by atoms with E-state index in [0.29, 0.717) is 22.6 Å². The number of carboxylic acid groups (broad SMARTS) is 1. The Morgan fingerprint density at radius 1 is 1.32 bits per heavy atom. The predicted molar refractivity (Wildman–Crippen MR) is 100 cm³/mol. The Morgan fingerprint density at radius 3 is 2.68 bits per heavy atom. The van der Waals surface area contributed by atoms with Crippen LogP contribution < -0.4 is 5.32 Å². The van der Waals surface area contributed by atoms with Crippen LogP contribution in [0.15, 0.2) is 24.4 Å². The fraction of sp³-hybridized carbons (Fsp3) is 0.222. The summed E-state index contributed by atoms with van der Waals surface area (Å²) in [5, 5.41) is 20.4. The van der Waals surface area contributed by atoms with Crippen LogP contribution in [0, 0.1) is 19.7 Å². The van der Waals surface area contributed by atoms with Gasteiger partial charge in [0.1, 0.15) is 17.1 Å². The molecule has 0 aliphatic heterocycles. The number of nitrogens with zero attached hydrogens (tertiary/aromatic N) is 4. The molecule has 146 valence electrons. The number of carbonyl (C=O) groups excluding carboxylic acids is 1. The Hall–Kier alpha value is -3.20. The van der Waals surface area contributed by atoms with E-state index in [2.05, 4.69) is 15.5 Å². The zero-order valence-electron chi connectivity index (χ0n) is 15.3. The van der Waals surface area contributed by atoms with E-state index in [-0.39, 0.29) is 22.8 Å². The van der Waals surface area contributed by atoms with Crippen molar-refractivity contribution < 1.29 is 19.1 Å². The first kappa shape index (κ1) is 19.6. The van der Waals surface area contributed by atoms with Gasteiger partial charge in [0, 0.05) is 12.1 Å². The van der Waals surface area contributed by atoms with E-state index in [1.807, 2.05) is 0 Å². The van der Waals surface area contributed by atoms with Gasteiger partial charge in [-0.25, -0.2) is 9.18 Å². The van der Waals surface area contributed by atoms with E-state index < -0.39 is 17.7 Å². The number of benzene rings is 1. The molecule has 3 rings (SSSR count). The minimum absolute atomic E-state index is 0.0689. The molecule has 1 aromatic carbocycles. The molecule has 8 nitrogen and oxygen atoms in total. The fourth-order valence-corrected chi connectivity index (χ4v) is 3.11. The number of nitrogens with one attached hydrogen (secondary N) is 1. The number of amides is 1. The molecule has 2 aromatic heterocycles. The molecule has 0 unspecified atom stereocenters. The maximum atomic E-state index is 13.2. The second-order valence-corrected chi connectivity index (χ2v) is 6.64. The standard InChI is InChI=1S/C18H17ClFN5O3/c1-9-15(22-17(26)16-13(18(27)28)7-21-24(16)3)10(2)25(23-9)8-11-4-5-12(20)6-14(11)19/h4-7H,8H2,1-3H3,(H,22,26)(H,27,28). The van der Waals surface area contributed by atoms with Gasteiger partial charge in [0.2, 0.25) is 0 Å². The second kappa shape index (κ2) is 7.43. The monoisotopic (exact) mass is 405 g/mol. The minimum atomic E-state index is -1.24. The zero-order valence-corrected chi connectivity index (χ0v) is 16.1. The van der Waals surface area contributed by atoms with Gasteiger partial charge >= 0.3 is 5.97 Å². The summed E-state index contributed by atoms with van der Waals surface area (Å²) in [7, 11) is 1.49. The van der Waals surface area contributed by atoms with Crippen molar-refractivity contribution in [2.45, 2.75) is 20.4 Å². The van der Waals surface area contributed by atoms with Gasteiger partial charge in [-0.3, -0.25) is 14.2 Å². The predicted octanol–water partition coefficient (Wildman–Crippen LogP) is 3.02. The maximum absolute atomic E-state index is 13.2. The van der Waals surface area contributed by atoms with Crippen molar-refractivity contribution in [2.75, 3.05) is 5.32 Å². The first-order valence-corrected chi connectivity index (χ1v) is 8.61. The van der Waals surface area contributed by atoms with Crippen LogP contribution in [0.3, 0.4) is 0 Å². The van der Waals surface area contributed by atoms with Crippen molar-refractivity contribution in [3.63, 3.8) is 0 Å². The molecule has 0 fully saturated rings. The zero-order chi connectivity index (χ0) is 20.6. The molecular formula is C18H17ClFN5O3. The first-order valence-electron chi connectivity index (χ1n) is 8.23. The van der Waals surface area contributed by atoms with Gasteiger partial charge in [-0.1, -0.05) is 17.7 Å². The molecule has 0 bridgehead atoms. The van der Waals surface area contributed by atoms with Gasteiger partial charge in [-0.2, -0.15) is 10.2 Å². The molecule has 0 atom stereocenters. The Bertz CT molecular complexity index is 1090. The molecule has 0 aliphatic carbocycles. The summed E-state index contributed by atoms with van der Waals surface area (Å²) in [4.78, 5) is 23.9. The van der Waals surface area contributed by atoms with Crippen LogP contribution in [0.4, 0.5) is 10.1 Å². The summed E-state index contributed by atoms with van der Waals surface area (Å²) in [6.07, 6.45) is 1.12. The quantitative estimate of drug-likeness (QED) is 0.679. The van der Waals surface area contributed by atoms with Crippen molar-refractivity contribution in [2.24, 2.45) is 7.05 Å². The lowest BCUT2D eigenvalue weighted by molar-refractivity contribution is 0.0692. The molecule has 0 radical (unpaired) electrons. The summed E-state index contributed by atoms with van der Waals surface area (Å²) in [5.74, 6) is -2.28. The highest BCUT2D eigenvalue weighted by Gasteiger charge is 2.24. The van der Waals surface area contributed by atoms with Crippen molar-refractivity contribution in [3.8, 4) is 0 Å². The average Bonchev–Trinajstić information content (AvgIpc) is 3.12. The average molecular weight is 406 g/mol. The van der Waals surface area contributed by atoms with Crippen molar-refractivity contribution >= 4 is 29.2 Å². The molecule has 0 saturated carbocycles. The molecule has 2 N–H and O–H groups in total. The van der Waals surface area contributed by atoms with Gasteiger partial charge in [-0.05, 0) is 31.5 Å². The Labute approximate surface area is 164 Å². The van der Waals surface area contributed by atoms with Crippen molar-refractivity contribution in [3.05, 3.63) is 63.4 Å². The smallest absolute Gasteiger partial charge is 0.339 e. The summed E-state index contributed by atoms with van der Waals surface area (Å²) in [6.45, 7) is 3.76. The van der Waals surface area contributed by atoms with E-state index in [0.717, 1.165) is 6.20 Å². The molecular weight excluding hydrogens is 389 g/mol. The van der Waals surface area contributed by atoms with Gasteiger partial charge in [0.15, 0.2) is 0 Å². The van der Waals surface area contributed by atoms with E-state index in [9.17, 15) is 19.1 Å². The largest absolute Gasteiger partial charge is 0.478 e. The van der Waals surface area contributed by atoms with Crippen molar-refractivity contribution in [1.29, 1.82) is 0 Å². The summed E-state index contributed by atoms with van der Waals surface area (Å²) >= 11 is 6.08. The lowest BCUT2D eigenvalue weighted by Gasteiger charge is -2.09. The van der Waals surface area contributed by atoms with Gasteiger partial charge < -0.3 is 10.4 Å². The molecule has 1 amide bonds. The fourth-order valence-electron chi connectivity index (χ4n) is 2.88. The molecule has 0 aliphatic rings. The number of carboxylic acids is 1. The maximum Gasteiger partial charge on any atom is 0.339 e. The number of halogens is 2. The number of rotatable bonds is 5. The van der Waals surface area contributed by atoms with Crippen LogP contribution in [0.1, 0.15) is 37.8 Å². The second-order valence-electron chi connectivity index (χ2n) is 6.23. The first-order chi connectivity index (χ1) is 13.2. The Kier molecular flexibility index (Phi) is 5.19. The van der Waals surface area contributed by atoms with E-state index >= 15 is 0 Å². The highest BCUT2D eigenvalue weighted by molar-refractivity contribution is 6.31. The molecule has 10 heteroatoms. The molecule has 28 heavy (non-hydrogen) atoms. The molecule has 0 spiro atoms. The highest BCUT2D eigenvalue weighted by Crippen LogP contribution is 2.24. The topological polar surface area (TPSA) is 102 Å². The summed E-state index contributed by atoms with van der Waals surface area (Å²) in [5.41, 5.74) is 2.06. The summed E-state index contributed by atoms with van der Waals surface area (Å²) < 4.78 is 16.1.